The van der Waals surface area contributed by atoms with Crippen molar-refractivity contribution in [3.63, 3.8) is 0 Å². The van der Waals surface area contributed by atoms with Gasteiger partial charge in [0.2, 0.25) is 0 Å². The molecule has 0 amide bonds. The zero-order valence-corrected chi connectivity index (χ0v) is 20.5. The lowest BCUT2D eigenvalue weighted by atomic mass is 9.70. The molecule has 7 rings (SSSR count). The summed E-state index contributed by atoms with van der Waals surface area (Å²) in [5.41, 5.74) is 5.82. The molecule has 36 heavy (non-hydrogen) atoms. The van der Waals surface area contributed by atoms with Crippen LogP contribution in [0, 0.1) is 0 Å². The summed E-state index contributed by atoms with van der Waals surface area (Å²) in [5, 5.41) is 0. The molecule has 0 N–H and O–H groups in total. The standard InChI is InChI=1S/C34H24OS/c1-4-14-25(15-5-1)33-24-31(28-20-10-13-23-32(28)36-27-18-8-3-9-19-27)34(35-33,26-16-6-2-7-17-26)30-22-12-11-21-29(30)33/h1-24H. The smallest absolute Gasteiger partial charge is 0.146 e. The molecule has 2 heteroatoms. The topological polar surface area (TPSA) is 9.23 Å². The van der Waals surface area contributed by atoms with Gasteiger partial charge in [-0.1, -0.05) is 133 Å². The first-order chi connectivity index (χ1) is 17.8. The van der Waals surface area contributed by atoms with Crippen molar-refractivity contribution >= 4 is 17.3 Å². The van der Waals surface area contributed by atoms with Crippen molar-refractivity contribution < 1.29 is 4.74 Å². The molecule has 2 bridgehead atoms. The minimum Gasteiger partial charge on any atom is -0.341 e. The van der Waals surface area contributed by atoms with Crippen molar-refractivity contribution in [3.05, 3.63) is 173 Å². The molecule has 172 valence electrons. The number of ether oxygens (including phenoxy) is 1. The lowest BCUT2D eigenvalue weighted by Crippen LogP contribution is -2.28. The van der Waals surface area contributed by atoms with Crippen molar-refractivity contribution in [1.82, 2.24) is 0 Å². The molecule has 2 aliphatic rings. The van der Waals surface area contributed by atoms with E-state index in [9.17, 15) is 0 Å². The third kappa shape index (κ3) is 3.08. The molecule has 5 aromatic carbocycles. The molecule has 2 aliphatic heterocycles. The quantitative estimate of drug-likeness (QED) is 0.250. The van der Waals surface area contributed by atoms with Crippen molar-refractivity contribution in [2.24, 2.45) is 0 Å². The van der Waals surface area contributed by atoms with Crippen LogP contribution in [0.3, 0.4) is 0 Å². The Hall–Kier alpha value is -3.85. The monoisotopic (exact) mass is 480 g/mol. The summed E-state index contributed by atoms with van der Waals surface area (Å²) >= 11 is 1.80. The zero-order chi connectivity index (χ0) is 24.0. The minimum atomic E-state index is -0.693. The van der Waals surface area contributed by atoms with E-state index in [1.165, 1.54) is 32.1 Å². The van der Waals surface area contributed by atoms with Crippen LogP contribution in [-0.2, 0) is 15.9 Å². The predicted molar refractivity (Wildman–Crippen MR) is 147 cm³/mol. The normalized spacial score (nSPS) is 21.7. The highest BCUT2D eigenvalue weighted by Crippen LogP contribution is 2.65. The van der Waals surface area contributed by atoms with E-state index in [0.717, 1.165) is 11.1 Å². The number of rotatable bonds is 5. The van der Waals surface area contributed by atoms with Crippen LogP contribution >= 0.6 is 11.8 Å². The van der Waals surface area contributed by atoms with Crippen LogP contribution in [0.2, 0.25) is 0 Å². The van der Waals surface area contributed by atoms with Crippen LogP contribution in [0.25, 0.3) is 5.57 Å². The maximum atomic E-state index is 7.36. The molecule has 2 atom stereocenters. The van der Waals surface area contributed by atoms with Gasteiger partial charge in [-0.15, -0.1) is 0 Å². The van der Waals surface area contributed by atoms with E-state index in [1.54, 1.807) is 11.8 Å². The van der Waals surface area contributed by atoms with Crippen LogP contribution in [0.4, 0.5) is 0 Å². The van der Waals surface area contributed by atoms with Gasteiger partial charge in [0, 0.05) is 15.4 Å². The lowest BCUT2D eigenvalue weighted by molar-refractivity contribution is -0.0198. The summed E-state index contributed by atoms with van der Waals surface area (Å²) in [6.45, 7) is 0. The van der Waals surface area contributed by atoms with Gasteiger partial charge >= 0.3 is 0 Å². The fraction of sp³-hybridized carbons (Fsp3) is 0.0588. The van der Waals surface area contributed by atoms with E-state index in [-0.39, 0.29) is 0 Å². The first kappa shape index (κ1) is 21.4. The molecule has 2 heterocycles. The van der Waals surface area contributed by atoms with Gasteiger partial charge in [-0.2, -0.15) is 0 Å². The molecule has 0 fully saturated rings. The average Bonchev–Trinajstić information content (AvgIpc) is 3.47. The summed E-state index contributed by atoms with van der Waals surface area (Å²) in [6, 6.07) is 49.4. The molecule has 0 saturated carbocycles. The molecule has 0 aliphatic carbocycles. The SMILES string of the molecule is C1=C(c2ccccc2Sc2ccccc2)C2(c3ccccc3)OC1(c1ccccc1)c1ccccc12. The van der Waals surface area contributed by atoms with Gasteiger partial charge in [-0.3, -0.25) is 0 Å². The molecule has 0 saturated heterocycles. The minimum absolute atomic E-state index is 0.645. The van der Waals surface area contributed by atoms with Gasteiger partial charge in [0.05, 0.1) is 0 Å². The Morgan fingerprint density at radius 1 is 0.500 bits per heavy atom. The van der Waals surface area contributed by atoms with Crippen molar-refractivity contribution in [1.29, 1.82) is 0 Å². The number of fused-ring (bicyclic) bond motifs is 5. The van der Waals surface area contributed by atoms with Gasteiger partial charge in [-0.05, 0) is 52.1 Å². The van der Waals surface area contributed by atoms with Crippen LogP contribution in [0.1, 0.15) is 27.8 Å². The van der Waals surface area contributed by atoms with Crippen molar-refractivity contribution in [2.75, 3.05) is 0 Å². The van der Waals surface area contributed by atoms with Crippen LogP contribution in [0.15, 0.2) is 155 Å². The number of hydrogen-bond donors (Lipinski definition) is 0. The zero-order valence-electron chi connectivity index (χ0n) is 19.7. The largest absolute Gasteiger partial charge is 0.341 e. The molecular formula is C34H24OS. The summed E-state index contributed by atoms with van der Waals surface area (Å²) in [6.07, 6.45) is 2.38. The van der Waals surface area contributed by atoms with E-state index in [0.29, 0.717) is 0 Å². The average molecular weight is 481 g/mol. The second kappa shape index (κ2) is 8.37. The molecule has 1 nitrogen and oxygen atoms in total. The molecule has 5 aromatic rings. The summed E-state index contributed by atoms with van der Waals surface area (Å²) < 4.78 is 7.36. The van der Waals surface area contributed by atoms with Crippen molar-refractivity contribution in [2.45, 2.75) is 21.0 Å². The van der Waals surface area contributed by atoms with Gasteiger partial charge in [0.25, 0.3) is 0 Å². The van der Waals surface area contributed by atoms with Gasteiger partial charge < -0.3 is 4.74 Å². The first-order valence-electron chi connectivity index (χ1n) is 12.3. The summed E-state index contributed by atoms with van der Waals surface area (Å²) in [4.78, 5) is 2.45. The second-order valence-corrected chi connectivity index (χ2v) is 10.4. The number of benzene rings is 5. The lowest BCUT2D eigenvalue weighted by Gasteiger charge is -2.32. The van der Waals surface area contributed by atoms with E-state index >= 15 is 0 Å². The Kier molecular flexibility index (Phi) is 4.99. The van der Waals surface area contributed by atoms with Crippen LogP contribution in [0.5, 0.6) is 0 Å². The fourth-order valence-corrected chi connectivity index (χ4v) is 6.75. The maximum Gasteiger partial charge on any atom is 0.146 e. The predicted octanol–water partition coefficient (Wildman–Crippen LogP) is 8.45. The highest BCUT2D eigenvalue weighted by Gasteiger charge is 2.61. The second-order valence-electron chi connectivity index (χ2n) is 9.27. The summed E-state index contributed by atoms with van der Waals surface area (Å²) in [5.74, 6) is 0. The third-order valence-corrected chi connectivity index (χ3v) is 8.36. The van der Waals surface area contributed by atoms with Gasteiger partial charge in [0.15, 0.2) is 0 Å². The van der Waals surface area contributed by atoms with E-state index in [2.05, 4.69) is 146 Å². The van der Waals surface area contributed by atoms with Gasteiger partial charge in [0.1, 0.15) is 11.2 Å². The highest BCUT2D eigenvalue weighted by molar-refractivity contribution is 7.99. The Morgan fingerprint density at radius 2 is 1.06 bits per heavy atom. The number of hydrogen-bond acceptors (Lipinski definition) is 2. The molecule has 2 unspecified atom stereocenters. The molecule has 0 spiro atoms. The Bertz CT molecular complexity index is 1580. The molecular weight excluding hydrogens is 456 g/mol. The highest BCUT2D eigenvalue weighted by atomic mass is 32.2. The third-order valence-electron chi connectivity index (χ3n) is 7.28. The summed E-state index contributed by atoms with van der Waals surface area (Å²) in [7, 11) is 0. The van der Waals surface area contributed by atoms with E-state index < -0.39 is 11.2 Å². The van der Waals surface area contributed by atoms with Crippen LogP contribution in [-0.4, -0.2) is 0 Å². The van der Waals surface area contributed by atoms with Crippen molar-refractivity contribution in [3.8, 4) is 0 Å². The maximum absolute atomic E-state index is 7.36. The first-order valence-corrected chi connectivity index (χ1v) is 13.1. The fourth-order valence-electron chi connectivity index (χ4n) is 5.76. The van der Waals surface area contributed by atoms with E-state index in [4.69, 9.17) is 4.74 Å². The Labute approximate surface area is 216 Å². The van der Waals surface area contributed by atoms with E-state index in [1.807, 2.05) is 0 Å². The molecule has 0 aromatic heterocycles. The Morgan fingerprint density at radius 3 is 1.78 bits per heavy atom. The molecule has 0 radical (unpaired) electrons. The van der Waals surface area contributed by atoms with Crippen LogP contribution < -0.4 is 0 Å². The Balaban J connectivity index is 1.51. The van der Waals surface area contributed by atoms with Gasteiger partial charge in [-0.25, -0.2) is 0 Å².